The summed E-state index contributed by atoms with van der Waals surface area (Å²) in [6.45, 7) is 11.2. The van der Waals surface area contributed by atoms with Gasteiger partial charge in [0.2, 0.25) is 0 Å². The predicted molar refractivity (Wildman–Crippen MR) is 72.2 cm³/mol. The second-order valence-electron chi connectivity index (χ2n) is 5.97. The quantitative estimate of drug-likeness (QED) is 0.628. The smallest absolute Gasteiger partial charge is 0.0780 e. The van der Waals surface area contributed by atoms with Crippen molar-refractivity contribution in [1.29, 1.82) is 0 Å². The van der Waals surface area contributed by atoms with Crippen LogP contribution in [0.15, 0.2) is 34.6 Å². The van der Waals surface area contributed by atoms with E-state index in [1.807, 2.05) is 0 Å². The van der Waals surface area contributed by atoms with Crippen LogP contribution in [0.4, 0.5) is 0 Å². The van der Waals surface area contributed by atoms with Gasteiger partial charge in [-0.25, -0.2) is 0 Å². The Morgan fingerprint density at radius 3 is 2.69 bits per heavy atom. The van der Waals surface area contributed by atoms with Gasteiger partial charge in [0.25, 0.3) is 0 Å². The van der Waals surface area contributed by atoms with Crippen LogP contribution < -0.4 is 0 Å². The molecule has 0 amide bonds. The van der Waals surface area contributed by atoms with Crippen LogP contribution in [0.25, 0.3) is 0 Å². The van der Waals surface area contributed by atoms with E-state index in [1.165, 1.54) is 12.0 Å². The number of ether oxygens (including phenoxy) is 1. The molecule has 1 atom stereocenters. The average molecular weight is 234 g/mol. The Kier molecular flexibility index (Phi) is 3.22. The summed E-state index contributed by atoms with van der Waals surface area (Å²) < 4.78 is 5.66. The lowest BCUT2D eigenvalue weighted by Gasteiger charge is -2.24. The van der Waals surface area contributed by atoms with Crippen LogP contribution in [-0.2, 0) is 4.74 Å². The summed E-state index contributed by atoms with van der Waals surface area (Å²) in [5, 5.41) is 1.59. The van der Waals surface area contributed by atoms with Crippen LogP contribution in [0.5, 0.6) is 0 Å². The molecule has 16 heavy (non-hydrogen) atoms. The van der Waals surface area contributed by atoms with Crippen LogP contribution in [-0.4, -0.2) is 21.3 Å². The van der Waals surface area contributed by atoms with Crippen molar-refractivity contribution in [2.24, 2.45) is 5.92 Å². The predicted octanol–water partition coefficient (Wildman–Crippen LogP) is 3.71. The van der Waals surface area contributed by atoms with E-state index >= 15 is 0 Å². The van der Waals surface area contributed by atoms with Crippen LogP contribution in [0.1, 0.15) is 13.3 Å². The van der Waals surface area contributed by atoms with Gasteiger partial charge in [0.1, 0.15) is 0 Å². The van der Waals surface area contributed by atoms with Gasteiger partial charge in [0, 0.05) is 0 Å². The Morgan fingerprint density at radius 2 is 2.00 bits per heavy atom. The molecule has 1 nitrogen and oxygen atoms in total. The second kappa shape index (κ2) is 4.34. The Bertz CT molecular complexity index is 369. The lowest BCUT2D eigenvalue weighted by molar-refractivity contribution is 0.203. The van der Waals surface area contributed by atoms with Crippen LogP contribution in [0.2, 0.25) is 19.6 Å². The number of rotatable bonds is 1. The van der Waals surface area contributed by atoms with Gasteiger partial charge in [-0.2, -0.15) is 0 Å². The molecule has 0 aromatic heterocycles. The minimum absolute atomic E-state index is 0.645. The van der Waals surface area contributed by atoms with Gasteiger partial charge in [-0.1, -0.05) is 50.0 Å². The van der Waals surface area contributed by atoms with Gasteiger partial charge in [-0.15, -0.1) is 0 Å². The van der Waals surface area contributed by atoms with Crippen molar-refractivity contribution in [3.05, 3.63) is 34.6 Å². The Morgan fingerprint density at radius 1 is 1.25 bits per heavy atom. The van der Waals surface area contributed by atoms with E-state index < -0.39 is 8.07 Å². The van der Waals surface area contributed by atoms with Crippen LogP contribution in [0, 0.1) is 5.92 Å². The average Bonchev–Trinajstić information content (AvgIpc) is 2.54. The molecule has 0 bridgehead atoms. The molecule has 1 aliphatic carbocycles. The van der Waals surface area contributed by atoms with Crippen LogP contribution in [0.3, 0.4) is 0 Å². The molecule has 2 aliphatic rings. The van der Waals surface area contributed by atoms with Gasteiger partial charge < -0.3 is 4.74 Å². The summed E-state index contributed by atoms with van der Waals surface area (Å²) in [6.07, 6.45) is 8.09. The van der Waals surface area contributed by atoms with E-state index in [4.69, 9.17) is 4.74 Å². The Labute approximate surface area is 99.9 Å². The molecule has 1 aliphatic heterocycles. The number of hydrogen-bond donors (Lipinski definition) is 0. The topological polar surface area (TPSA) is 9.23 Å². The van der Waals surface area contributed by atoms with E-state index in [-0.39, 0.29) is 0 Å². The fourth-order valence-electron chi connectivity index (χ4n) is 2.52. The normalized spacial score (nSPS) is 31.5. The molecule has 0 saturated carbocycles. The summed E-state index contributed by atoms with van der Waals surface area (Å²) in [5.74, 6) is 0.645. The highest BCUT2D eigenvalue weighted by atomic mass is 28.3. The molecule has 0 spiro atoms. The first-order valence-electron chi connectivity index (χ1n) is 6.16. The van der Waals surface area contributed by atoms with E-state index in [2.05, 4.69) is 44.8 Å². The summed E-state index contributed by atoms with van der Waals surface area (Å²) >= 11 is 0. The van der Waals surface area contributed by atoms with Crippen LogP contribution >= 0.6 is 0 Å². The first kappa shape index (κ1) is 11.9. The highest BCUT2D eigenvalue weighted by molar-refractivity contribution is 6.84. The third-order valence-electron chi connectivity index (χ3n) is 3.35. The molecule has 0 N–H and O–H groups in total. The summed E-state index contributed by atoms with van der Waals surface area (Å²) in [7, 11) is -1.25. The molecule has 0 saturated heterocycles. The Hall–Kier alpha value is -0.603. The minimum Gasteiger partial charge on any atom is -0.372 e. The van der Waals surface area contributed by atoms with E-state index in [1.54, 1.807) is 10.8 Å². The van der Waals surface area contributed by atoms with Crippen molar-refractivity contribution in [2.75, 3.05) is 13.2 Å². The summed E-state index contributed by atoms with van der Waals surface area (Å²) in [4.78, 5) is 0. The van der Waals surface area contributed by atoms with Gasteiger partial charge in [0.05, 0.1) is 21.3 Å². The molecule has 0 aromatic carbocycles. The largest absolute Gasteiger partial charge is 0.372 e. The van der Waals surface area contributed by atoms with E-state index in [0.29, 0.717) is 5.92 Å². The zero-order chi connectivity index (χ0) is 11.8. The van der Waals surface area contributed by atoms with Gasteiger partial charge in [-0.3, -0.25) is 0 Å². The molecule has 0 fully saturated rings. The van der Waals surface area contributed by atoms with Crippen molar-refractivity contribution < 1.29 is 4.74 Å². The fourth-order valence-corrected chi connectivity index (χ4v) is 4.27. The maximum atomic E-state index is 5.66. The summed E-state index contributed by atoms with van der Waals surface area (Å²) in [6, 6.07) is 0. The first-order valence-corrected chi connectivity index (χ1v) is 9.66. The zero-order valence-corrected chi connectivity index (χ0v) is 11.8. The zero-order valence-electron chi connectivity index (χ0n) is 10.8. The molecule has 88 valence electrons. The third-order valence-corrected chi connectivity index (χ3v) is 5.44. The van der Waals surface area contributed by atoms with Crippen molar-refractivity contribution >= 4 is 8.07 Å². The lowest BCUT2D eigenvalue weighted by Crippen LogP contribution is -2.26. The molecule has 2 heteroatoms. The lowest BCUT2D eigenvalue weighted by atomic mass is 9.96. The van der Waals surface area contributed by atoms with E-state index in [9.17, 15) is 0 Å². The molecule has 1 heterocycles. The Balaban J connectivity index is 2.44. The van der Waals surface area contributed by atoms with Gasteiger partial charge in [-0.05, 0) is 23.5 Å². The molecule has 1 unspecified atom stereocenters. The minimum atomic E-state index is -1.25. The van der Waals surface area contributed by atoms with Gasteiger partial charge >= 0.3 is 0 Å². The highest BCUT2D eigenvalue weighted by Crippen LogP contribution is 2.33. The highest BCUT2D eigenvalue weighted by Gasteiger charge is 2.28. The fraction of sp³-hybridized carbons (Fsp3) is 0.571. The molecule has 0 aromatic rings. The summed E-state index contributed by atoms with van der Waals surface area (Å²) in [5.41, 5.74) is 3.07. The van der Waals surface area contributed by atoms with Crippen molar-refractivity contribution in [1.82, 2.24) is 0 Å². The molecular formula is C14H22OSi. The van der Waals surface area contributed by atoms with Crippen molar-refractivity contribution in [3.8, 4) is 0 Å². The second-order valence-corrected chi connectivity index (χ2v) is 11.0. The SMILES string of the molecule is CC1/C=C\C=C(\[Si](C)(C)C)C2=C(COC2)C1. The van der Waals surface area contributed by atoms with Crippen molar-refractivity contribution in [2.45, 2.75) is 33.0 Å². The standard InChI is InChI=1S/C14H22OSi/c1-11-6-5-7-14(16(2,3)4)13-10-15-9-12(13)8-11/h5-7,11H,8-10H2,1-4H3/b6-5-,14-7+. The first-order chi connectivity index (χ1) is 7.48. The molecular weight excluding hydrogens is 212 g/mol. The monoisotopic (exact) mass is 234 g/mol. The maximum absolute atomic E-state index is 5.66. The van der Waals surface area contributed by atoms with Crippen molar-refractivity contribution in [3.63, 3.8) is 0 Å². The number of allylic oxidation sites excluding steroid dienone is 3. The molecule has 0 radical (unpaired) electrons. The molecule has 2 rings (SSSR count). The van der Waals surface area contributed by atoms with Gasteiger partial charge in [0.15, 0.2) is 0 Å². The van der Waals surface area contributed by atoms with E-state index in [0.717, 1.165) is 13.2 Å². The number of hydrogen-bond acceptors (Lipinski definition) is 1. The maximum Gasteiger partial charge on any atom is 0.0780 e. The third kappa shape index (κ3) is 2.38.